The number of para-hydroxylation sites is 2. The maximum Gasteiger partial charge on any atom is 0.146 e. The zero-order valence-corrected chi connectivity index (χ0v) is 30.1. The summed E-state index contributed by atoms with van der Waals surface area (Å²) in [6.07, 6.45) is 3.86. The number of hydrogen-bond acceptors (Lipinski definition) is 1. The fraction of sp³-hybridized carbons (Fsp3) is 0. The number of fused-ring (bicyclic) bond motifs is 9. The van der Waals surface area contributed by atoms with Crippen LogP contribution < -0.4 is 0 Å². The number of hydrogen-bond donors (Lipinski definition) is 0. The van der Waals surface area contributed by atoms with Gasteiger partial charge in [-0.15, -0.1) is 0 Å². The summed E-state index contributed by atoms with van der Waals surface area (Å²) in [5, 5.41) is 12.1. The van der Waals surface area contributed by atoms with Crippen LogP contribution in [0.5, 0.6) is 0 Å². The monoisotopic (exact) mass is 698 g/mol. The fourth-order valence-corrected chi connectivity index (χ4v) is 8.94. The van der Waals surface area contributed by atoms with Crippen molar-refractivity contribution in [3.63, 3.8) is 0 Å². The summed E-state index contributed by atoms with van der Waals surface area (Å²) in [4.78, 5) is 5.17. The van der Waals surface area contributed by atoms with E-state index in [0.29, 0.717) is 0 Å². The molecule has 11 aromatic rings. The molecule has 55 heavy (non-hydrogen) atoms. The molecule has 2 heteroatoms. The first-order valence-electron chi connectivity index (χ1n) is 18.8. The number of imidazole rings is 1. The molecule has 0 N–H and O–H groups in total. The Morgan fingerprint density at radius 2 is 0.909 bits per heavy atom. The molecule has 0 radical (unpaired) electrons. The molecule has 0 bridgehead atoms. The lowest BCUT2D eigenvalue weighted by Gasteiger charge is -2.19. The highest BCUT2D eigenvalue weighted by Crippen LogP contribution is 2.46. The van der Waals surface area contributed by atoms with Crippen LogP contribution in [0.25, 0.3) is 116 Å². The molecule has 0 saturated carbocycles. The predicted molar refractivity (Wildman–Crippen MR) is 237 cm³/mol. The Bertz CT molecular complexity index is 3420. The van der Waals surface area contributed by atoms with E-state index in [1.54, 1.807) is 0 Å². The number of benzene rings is 9. The van der Waals surface area contributed by atoms with Crippen LogP contribution in [0.15, 0.2) is 183 Å². The van der Waals surface area contributed by atoms with Crippen LogP contribution in [0.3, 0.4) is 0 Å². The molecule has 0 unspecified atom stereocenters. The molecule has 0 fully saturated rings. The van der Waals surface area contributed by atoms with E-state index >= 15 is 0 Å². The maximum absolute atomic E-state index is 5.17. The van der Waals surface area contributed by atoms with Gasteiger partial charge in [0.2, 0.25) is 0 Å². The van der Waals surface area contributed by atoms with Gasteiger partial charge in [0.05, 0.1) is 16.7 Å². The molecule has 2 aromatic heterocycles. The third kappa shape index (κ3) is 4.72. The Morgan fingerprint density at radius 3 is 1.55 bits per heavy atom. The van der Waals surface area contributed by atoms with E-state index in [-0.39, 0.29) is 0 Å². The smallest absolute Gasteiger partial charge is 0.146 e. The Hall–Kier alpha value is -7.29. The van der Waals surface area contributed by atoms with Gasteiger partial charge >= 0.3 is 0 Å². The van der Waals surface area contributed by atoms with Gasteiger partial charge in [-0.25, -0.2) is 4.98 Å². The SMILES string of the molecule is C=Cc1c(C=C)n2c3ccccc3nc2c2cc(-c3ccc4c(-c5ccc6ccccc6c5)c5ccccc5c(-c5ccc6ccccc6c5)c4c3)ccc12. The zero-order valence-electron chi connectivity index (χ0n) is 30.1. The summed E-state index contributed by atoms with van der Waals surface area (Å²) in [6.45, 7) is 8.42. The molecule has 0 aliphatic carbocycles. The molecular formula is C53H34N2. The Morgan fingerprint density at radius 1 is 0.400 bits per heavy atom. The summed E-state index contributed by atoms with van der Waals surface area (Å²) in [5.41, 5.74) is 12.2. The summed E-state index contributed by atoms with van der Waals surface area (Å²) in [6, 6.07) is 62.1. The quantitative estimate of drug-likeness (QED) is 0.164. The molecule has 0 saturated heterocycles. The molecule has 0 amide bonds. The Kier molecular flexibility index (Phi) is 6.89. The first-order chi connectivity index (χ1) is 27.2. The van der Waals surface area contributed by atoms with Gasteiger partial charge in [0.1, 0.15) is 5.65 Å². The topological polar surface area (TPSA) is 17.3 Å². The van der Waals surface area contributed by atoms with Crippen LogP contribution in [-0.2, 0) is 0 Å². The van der Waals surface area contributed by atoms with Crippen molar-refractivity contribution < 1.29 is 0 Å². The number of rotatable bonds is 5. The highest BCUT2D eigenvalue weighted by molar-refractivity contribution is 6.22. The molecule has 0 spiro atoms. The minimum absolute atomic E-state index is 0.917. The molecule has 2 heterocycles. The lowest BCUT2D eigenvalue weighted by atomic mass is 9.84. The van der Waals surface area contributed by atoms with E-state index in [0.717, 1.165) is 49.8 Å². The van der Waals surface area contributed by atoms with Crippen LogP contribution >= 0.6 is 0 Å². The summed E-state index contributed by atoms with van der Waals surface area (Å²) in [7, 11) is 0. The van der Waals surface area contributed by atoms with Crippen LogP contribution in [0.2, 0.25) is 0 Å². The second-order valence-electron chi connectivity index (χ2n) is 14.4. The summed E-state index contributed by atoms with van der Waals surface area (Å²) in [5.74, 6) is 0. The van der Waals surface area contributed by atoms with E-state index in [1.807, 2.05) is 18.2 Å². The molecule has 9 aromatic carbocycles. The maximum atomic E-state index is 5.17. The van der Waals surface area contributed by atoms with Crippen molar-refractivity contribution in [1.29, 1.82) is 0 Å². The normalized spacial score (nSPS) is 11.8. The van der Waals surface area contributed by atoms with Gasteiger partial charge < -0.3 is 0 Å². The van der Waals surface area contributed by atoms with E-state index in [1.165, 1.54) is 65.3 Å². The van der Waals surface area contributed by atoms with E-state index in [2.05, 4.69) is 181 Å². The van der Waals surface area contributed by atoms with Gasteiger partial charge in [0, 0.05) is 10.9 Å². The fourth-order valence-electron chi connectivity index (χ4n) is 8.94. The molecule has 0 aliphatic heterocycles. The molecule has 0 aliphatic rings. The van der Waals surface area contributed by atoms with Gasteiger partial charge in [0.25, 0.3) is 0 Å². The molecule has 11 rings (SSSR count). The third-order valence-corrected chi connectivity index (χ3v) is 11.5. The van der Waals surface area contributed by atoms with Crippen LogP contribution in [-0.4, -0.2) is 9.38 Å². The van der Waals surface area contributed by atoms with Crippen molar-refractivity contribution in [2.75, 3.05) is 0 Å². The number of aromatic nitrogens is 2. The second kappa shape index (κ2) is 12.1. The van der Waals surface area contributed by atoms with Gasteiger partial charge in [-0.05, 0) is 124 Å². The number of nitrogens with zero attached hydrogens (tertiary/aromatic N) is 2. The minimum atomic E-state index is 0.917. The molecule has 2 nitrogen and oxygen atoms in total. The van der Waals surface area contributed by atoms with Crippen LogP contribution in [0.4, 0.5) is 0 Å². The zero-order chi connectivity index (χ0) is 36.6. The lowest BCUT2D eigenvalue weighted by molar-refractivity contribution is 1.21. The van der Waals surface area contributed by atoms with E-state index in [4.69, 9.17) is 4.98 Å². The highest BCUT2D eigenvalue weighted by Gasteiger charge is 2.20. The highest BCUT2D eigenvalue weighted by atomic mass is 15.0. The van der Waals surface area contributed by atoms with Crippen molar-refractivity contribution in [2.45, 2.75) is 0 Å². The Labute approximate surface area is 318 Å². The van der Waals surface area contributed by atoms with Crippen molar-refractivity contribution in [2.24, 2.45) is 0 Å². The average Bonchev–Trinajstić information content (AvgIpc) is 3.64. The Balaban J connectivity index is 1.23. The van der Waals surface area contributed by atoms with Crippen molar-refractivity contribution in [1.82, 2.24) is 9.38 Å². The van der Waals surface area contributed by atoms with Crippen LogP contribution in [0, 0.1) is 0 Å². The van der Waals surface area contributed by atoms with Gasteiger partial charge in [-0.3, -0.25) is 4.40 Å². The lowest BCUT2D eigenvalue weighted by Crippen LogP contribution is -1.98. The first kappa shape index (κ1) is 31.3. The van der Waals surface area contributed by atoms with Crippen molar-refractivity contribution in [3.05, 3.63) is 194 Å². The average molecular weight is 699 g/mol. The van der Waals surface area contributed by atoms with E-state index < -0.39 is 0 Å². The minimum Gasteiger partial charge on any atom is -0.292 e. The molecular weight excluding hydrogens is 665 g/mol. The summed E-state index contributed by atoms with van der Waals surface area (Å²) < 4.78 is 2.23. The first-order valence-corrected chi connectivity index (χ1v) is 18.8. The summed E-state index contributed by atoms with van der Waals surface area (Å²) >= 11 is 0. The standard InChI is InChI=1S/C53H34N2/c1-3-41-42-27-25-38(32-47(42)53-54-48-19-11-12-20-50(48)55(53)49(41)4-2)37-26-28-45-46(31-37)52(40-24-22-34-14-6-8-16-36(34)30-40)44-18-10-9-17-43(44)51(45)39-23-21-33-13-5-7-15-35(33)29-39/h3-32H,1-2H2. The second-order valence-corrected chi connectivity index (χ2v) is 14.4. The van der Waals surface area contributed by atoms with Crippen molar-refractivity contribution in [3.8, 4) is 33.4 Å². The van der Waals surface area contributed by atoms with E-state index in [9.17, 15) is 0 Å². The number of pyridine rings is 1. The molecule has 0 atom stereocenters. The van der Waals surface area contributed by atoms with Gasteiger partial charge in [-0.2, -0.15) is 0 Å². The predicted octanol–water partition coefficient (Wildman–Crippen LogP) is 14.5. The third-order valence-electron chi connectivity index (χ3n) is 11.5. The largest absolute Gasteiger partial charge is 0.292 e. The van der Waals surface area contributed by atoms with Gasteiger partial charge in [0.15, 0.2) is 0 Å². The van der Waals surface area contributed by atoms with Gasteiger partial charge in [-0.1, -0.05) is 153 Å². The van der Waals surface area contributed by atoms with Crippen molar-refractivity contribution >= 4 is 82.7 Å². The molecule has 256 valence electrons. The van der Waals surface area contributed by atoms with Crippen LogP contribution in [0.1, 0.15) is 11.3 Å².